The average Bonchev–Trinajstić information content (AvgIpc) is 2.03. The van der Waals surface area contributed by atoms with Crippen LogP contribution < -0.4 is 0 Å². The minimum absolute atomic E-state index is 0.459. The van der Waals surface area contributed by atoms with E-state index in [9.17, 15) is 0 Å². The SMILES string of the molecule is CCCSC1CCCCC1Cl. The number of halogens is 1. The summed E-state index contributed by atoms with van der Waals surface area (Å²) in [6, 6.07) is 0. The zero-order chi connectivity index (χ0) is 8.10. The molecule has 1 saturated carbocycles. The average molecular weight is 193 g/mol. The summed E-state index contributed by atoms with van der Waals surface area (Å²) in [6.45, 7) is 2.24. The van der Waals surface area contributed by atoms with Gasteiger partial charge in [0.05, 0.1) is 0 Å². The van der Waals surface area contributed by atoms with Crippen molar-refractivity contribution in [1.29, 1.82) is 0 Å². The molecular weight excluding hydrogens is 176 g/mol. The number of hydrogen-bond donors (Lipinski definition) is 0. The van der Waals surface area contributed by atoms with E-state index in [2.05, 4.69) is 18.7 Å². The van der Waals surface area contributed by atoms with Crippen molar-refractivity contribution in [3.05, 3.63) is 0 Å². The first kappa shape index (κ1) is 9.73. The van der Waals surface area contributed by atoms with Gasteiger partial charge >= 0.3 is 0 Å². The van der Waals surface area contributed by atoms with Crippen LogP contribution in [0.5, 0.6) is 0 Å². The maximum Gasteiger partial charge on any atom is 0.0454 e. The summed E-state index contributed by atoms with van der Waals surface area (Å²) in [5.41, 5.74) is 0. The quantitative estimate of drug-likeness (QED) is 0.615. The van der Waals surface area contributed by atoms with Gasteiger partial charge in [-0.3, -0.25) is 0 Å². The second-order valence-corrected chi connectivity index (χ2v) is 5.12. The summed E-state index contributed by atoms with van der Waals surface area (Å²) >= 11 is 8.27. The van der Waals surface area contributed by atoms with Gasteiger partial charge in [-0.25, -0.2) is 0 Å². The summed E-state index contributed by atoms with van der Waals surface area (Å²) in [4.78, 5) is 0. The third-order valence-corrected chi connectivity index (χ3v) is 4.47. The van der Waals surface area contributed by atoms with Crippen LogP contribution in [0.3, 0.4) is 0 Å². The second kappa shape index (κ2) is 5.31. The fourth-order valence-electron chi connectivity index (χ4n) is 1.51. The van der Waals surface area contributed by atoms with Crippen LogP contribution in [0.2, 0.25) is 0 Å². The van der Waals surface area contributed by atoms with E-state index in [0.717, 1.165) is 5.25 Å². The van der Waals surface area contributed by atoms with Crippen LogP contribution in [0.15, 0.2) is 0 Å². The standard InChI is InChI=1S/C9H17ClS/c1-2-7-11-9-6-4-3-5-8(9)10/h8-9H,2-7H2,1H3. The van der Waals surface area contributed by atoms with Crippen LogP contribution in [-0.2, 0) is 0 Å². The van der Waals surface area contributed by atoms with Crippen molar-refractivity contribution in [2.45, 2.75) is 49.7 Å². The Kier molecular flexibility index (Phi) is 4.70. The monoisotopic (exact) mass is 192 g/mol. The van der Waals surface area contributed by atoms with E-state index < -0.39 is 0 Å². The van der Waals surface area contributed by atoms with Crippen LogP contribution in [-0.4, -0.2) is 16.4 Å². The van der Waals surface area contributed by atoms with Gasteiger partial charge in [0.25, 0.3) is 0 Å². The molecule has 0 aromatic carbocycles. The molecule has 0 N–H and O–H groups in total. The molecule has 0 spiro atoms. The number of hydrogen-bond acceptors (Lipinski definition) is 1. The Morgan fingerprint density at radius 2 is 2.09 bits per heavy atom. The van der Waals surface area contributed by atoms with Gasteiger partial charge in [-0.05, 0) is 25.0 Å². The van der Waals surface area contributed by atoms with Crippen molar-refractivity contribution in [3.63, 3.8) is 0 Å². The Morgan fingerprint density at radius 1 is 1.36 bits per heavy atom. The molecule has 0 heterocycles. The topological polar surface area (TPSA) is 0 Å². The van der Waals surface area contributed by atoms with Crippen molar-refractivity contribution in [1.82, 2.24) is 0 Å². The largest absolute Gasteiger partial charge is 0.157 e. The van der Waals surface area contributed by atoms with Crippen molar-refractivity contribution >= 4 is 23.4 Å². The van der Waals surface area contributed by atoms with E-state index in [-0.39, 0.29) is 0 Å². The van der Waals surface area contributed by atoms with Gasteiger partial charge in [-0.1, -0.05) is 19.8 Å². The maximum absolute atomic E-state index is 6.20. The first-order valence-electron chi connectivity index (χ1n) is 4.60. The number of alkyl halides is 1. The molecule has 2 heteroatoms. The fourth-order valence-corrected chi connectivity index (χ4v) is 3.22. The summed E-state index contributed by atoms with van der Waals surface area (Å²) < 4.78 is 0. The summed E-state index contributed by atoms with van der Waals surface area (Å²) in [7, 11) is 0. The van der Waals surface area contributed by atoms with Crippen molar-refractivity contribution < 1.29 is 0 Å². The van der Waals surface area contributed by atoms with Crippen LogP contribution in [0.1, 0.15) is 39.0 Å². The summed E-state index contributed by atoms with van der Waals surface area (Å²) in [5.74, 6) is 1.29. The Balaban J connectivity index is 2.18. The lowest BCUT2D eigenvalue weighted by molar-refractivity contribution is 0.522. The van der Waals surface area contributed by atoms with E-state index in [1.165, 1.54) is 37.9 Å². The number of rotatable bonds is 3. The summed E-state index contributed by atoms with van der Waals surface area (Å²) in [6.07, 6.45) is 6.61. The minimum Gasteiger partial charge on any atom is -0.157 e. The molecule has 1 fully saturated rings. The first-order valence-corrected chi connectivity index (χ1v) is 6.08. The molecule has 11 heavy (non-hydrogen) atoms. The van der Waals surface area contributed by atoms with Gasteiger partial charge in [-0.2, -0.15) is 11.8 Å². The molecule has 0 aromatic heterocycles. The van der Waals surface area contributed by atoms with Crippen LogP contribution in [0.4, 0.5) is 0 Å². The highest BCUT2D eigenvalue weighted by atomic mass is 35.5. The Hall–Kier alpha value is 0.640. The highest BCUT2D eigenvalue weighted by Gasteiger charge is 2.22. The molecule has 1 aliphatic rings. The lowest BCUT2D eigenvalue weighted by Crippen LogP contribution is -2.22. The van der Waals surface area contributed by atoms with E-state index in [4.69, 9.17) is 11.6 Å². The van der Waals surface area contributed by atoms with E-state index >= 15 is 0 Å². The zero-order valence-corrected chi connectivity index (χ0v) is 8.76. The molecule has 0 radical (unpaired) electrons. The highest BCUT2D eigenvalue weighted by molar-refractivity contribution is 8.00. The van der Waals surface area contributed by atoms with Crippen molar-refractivity contribution in [2.24, 2.45) is 0 Å². The van der Waals surface area contributed by atoms with E-state index in [1.54, 1.807) is 0 Å². The molecule has 2 unspecified atom stereocenters. The Morgan fingerprint density at radius 3 is 2.73 bits per heavy atom. The van der Waals surface area contributed by atoms with Gasteiger partial charge in [0.1, 0.15) is 0 Å². The lowest BCUT2D eigenvalue weighted by Gasteiger charge is -2.26. The molecule has 1 rings (SSSR count). The predicted molar refractivity (Wildman–Crippen MR) is 54.6 cm³/mol. The smallest absolute Gasteiger partial charge is 0.0454 e. The molecule has 0 aliphatic heterocycles. The Bertz CT molecular complexity index is 106. The van der Waals surface area contributed by atoms with Crippen LogP contribution in [0.25, 0.3) is 0 Å². The molecule has 0 nitrogen and oxygen atoms in total. The van der Waals surface area contributed by atoms with Crippen LogP contribution in [0, 0.1) is 0 Å². The minimum atomic E-state index is 0.459. The molecule has 0 amide bonds. The van der Waals surface area contributed by atoms with E-state index in [1.807, 2.05) is 0 Å². The van der Waals surface area contributed by atoms with Gasteiger partial charge in [0.2, 0.25) is 0 Å². The van der Waals surface area contributed by atoms with Gasteiger partial charge in [0.15, 0.2) is 0 Å². The fraction of sp³-hybridized carbons (Fsp3) is 1.00. The molecule has 0 bridgehead atoms. The van der Waals surface area contributed by atoms with E-state index in [0.29, 0.717) is 5.38 Å². The molecule has 66 valence electrons. The van der Waals surface area contributed by atoms with Crippen LogP contribution >= 0.6 is 23.4 Å². The predicted octanol–water partition coefficient (Wildman–Crippen LogP) is 3.68. The normalized spacial score (nSPS) is 32.2. The van der Waals surface area contributed by atoms with Crippen molar-refractivity contribution in [2.75, 3.05) is 5.75 Å². The molecule has 0 aromatic rings. The highest BCUT2D eigenvalue weighted by Crippen LogP contribution is 2.32. The maximum atomic E-state index is 6.20. The second-order valence-electron chi connectivity index (χ2n) is 3.21. The third kappa shape index (κ3) is 3.25. The van der Waals surface area contributed by atoms with Gasteiger partial charge in [0, 0.05) is 10.6 Å². The summed E-state index contributed by atoms with van der Waals surface area (Å²) in [5, 5.41) is 1.21. The van der Waals surface area contributed by atoms with Gasteiger partial charge in [-0.15, -0.1) is 11.6 Å². The first-order chi connectivity index (χ1) is 5.34. The molecule has 2 atom stereocenters. The lowest BCUT2D eigenvalue weighted by atomic mass is 10.00. The van der Waals surface area contributed by atoms with Crippen molar-refractivity contribution in [3.8, 4) is 0 Å². The zero-order valence-electron chi connectivity index (χ0n) is 7.18. The molecule has 0 saturated heterocycles. The van der Waals surface area contributed by atoms with Gasteiger partial charge < -0.3 is 0 Å². The molecule has 1 aliphatic carbocycles. The molecular formula is C9H17ClS. The third-order valence-electron chi connectivity index (χ3n) is 2.16. The number of thioether (sulfide) groups is 1. The Labute approximate surface area is 79.1 Å².